The summed E-state index contributed by atoms with van der Waals surface area (Å²) in [5.41, 5.74) is 0.915. The van der Waals surface area contributed by atoms with Crippen LogP contribution in [0.3, 0.4) is 0 Å². The normalized spacial score (nSPS) is 22.6. The van der Waals surface area contributed by atoms with Crippen LogP contribution in [-0.2, 0) is 16.1 Å². The van der Waals surface area contributed by atoms with Crippen molar-refractivity contribution in [3.8, 4) is 0 Å². The molecule has 1 N–H and O–H groups in total. The van der Waals surface area contributed by atoms with Crippen molar-refractivity contribution in [3.05, 3.63) is 30.1 Å². The number of aromatic nitrogens is 1. The molecule has 1 amide bonds. The molecule has 0 saturated carbocycles. The number of hydrogen-bond acceptors (Lipinski definition) is 5. The van der Waals surface area contributed by atoms with Gasteiger partial charge in [0, 0.05) is 31.9 Å². The second-order valence-electron chi connectivity index (χ2n) is 7.64. The number of nitrogens with one attached hydrogen (secondary N) is 1. The van der Waals surface area contributed by atoms with Crippen molar-refractivity contribution < 1.29 is 9.53 Å². The van der Waals surface area contributed by atoms with Crippen LogP contribution < -0.4 is 5.32 Å². The minimum Gasteiger partial charge on any atom is -0.380 e. The van der Waals surface area contributed by atoms with E-state index < -0.39 is 0 Å². The first-order valence-electron chi connectivity index (χ1n) is 10.5. The molecule has 2 aliphatic rings. The van der Waals surface area contributed by atoms with E-state index in [0.717, 1.165) is 64.5 Å². The Morgan fingerprint density at radius 2 is 2.11 bits per heavy atom. The summed E-state index contributed by atoms with van der Waals surface area (Å²) in [6.45, 7) is 9.57. The maximum absolute atomic E-state index is 12.6. The van der Waals surface area contributed by atoms with Crippen LogP contribution in [0.1, 0.15) is 38.3 Å². The molecule has 2 fully saturated rings. The highest BCUT2D eigenvalue weighted by atomic mass is 16.5. The van der Waals surface area contributed by atoms with Crippen molar-refractivity contribution in [2.75, 3.05) is 45.9 Å². The van der Waals surface area contributed by atoms with Gasteiger partial charge in [0.05, 0.1) is 24.8 Å². The maximum atomic E-state index is 12.6. The maximum Gasteiger partial charge on any atom is 0.224 e. The second-order valence-corrected chi connectivity index (χ2v) is 7.64. The van der Waals surface area contributed by atoms with E-state index in [4.69, 9.17) is 4.74 Å². The summed E-state index contributed by atoms with van der Waals surface area (Å²) in [6.07, 6.45) is 6.29. The Hall–Kier alpha value is -1.50. The number of hydrogen-bond donors (Lipinski definition) is 1. The number of amides is 1. The molecule has 0 radical (unpaired) electrons. The average molecular weight is 375 g/mol. The van der Waals surface area contributed by atoms with Crippen LogP contribution in [0.2, 0.25) is 0 Å². The fourth-order valence-corrected chi connectivity index (χ4v) is 4.22. The first-order chi connectivity index (χ1) is 13.3. The summed E-state index contributed by atoms with van der Waals surface area (Å²) in [5, 5.41) is 3.08. The van der Waals surface area contributed by atoms with Crippen molar-refractivity contribution >= 4 is 5.91 Å². The van der Waals surface area contributed by atoms with E-state index in [1.807, 2.05) is 25.1 Å². The molecule has 6 heteroatoms. The highest BCUT2D eigenvalue weighted by Gasteiger charge is 2.31. The Kier molecular flexibility index (Phi) is 8.05. The molecule has 0 spiro atoms. The molecule has 2 saturated heterocycles. The van der Waals surface area contributed by atoms with Crippen molar-refractivity contribution in [2.24, 2.45) is 5.92 Å². The Balaban J connectivity index is 1.40. The predicted molar refractivity (Wildman–Crippen MR) is 106 cm³/mol. The molecule has 27 heavy (non-hydrogen) atoms. The van der Waals surface area contributed by atoms with Gasteiger partial charge in [0.2, 0.25) is 5.91 Å². The fraction of sp³-hybridized carbons (Fsp3) is 0.714. The lowest BCUT2D eigenvalue weighted by atomic mass is 9.93. The number of rotatable bonds is 8. The van der Waals surface area contributed by atoms with Crippen LogP contribution in [0.4, 0.5) is 0 Å². The molecule has 6 nitrogen and oxygen atoms in total. The molecule has 1 unspecified atom stereocenters. The Bertz CT molecular complexity index is 561. The molecule has 1 atom stereocenters. The van der Waals surface area contributed by atoms with Crippen LogP contribution in [0, 0.1) is 5.92 Å². The van der Waals surface area contributed by atoms with Crippen molar-refractivity contribution in [2.45, 2.75) is 45.2 Å². The van der Waals surface area contributed by atoms with Gasteiger partial charge >= 0.3 is 0 Å². The van der Waals surface area contributed by atoms with Gasteiger partial charge in [-0.05, 0) is 64.4 Å². The Morgan fingerprint density at radius 3 is 2.85 bits per heavy atom. The lowest BCUT2D eigenvalue weighted by Crippen LogP contribution is -2.51. The molecule has 3 heterocycles. The van der Waals surface area contributed by atoms with Gasteiger partial charge in [-0.15, -0.1) is 0 Å². The predicted octanol–water partition coefficient (Wildman–Crippen LogP) is 1.91. The zero-order valence-corrected chi connectivity index (χ0v) is 16.6. The van der Waals surface area contributed by atoms with Gasteiger partial charge in [0.15, 0.2) is 0 Å². The Labute approximate surface area is 163 Å². The molecule has 2 aliphatic heterocycles. The number of piperidine rings is 2. The van der Waals surface area contributed by atoms with Gasteiger partial charge in [0.1, 0.15) is 0 Å². The van der Waals surface area contributed by atoms with E-state index >= 15 is 0 Å². The largest absolute Gasteiger partial charge is 0.380 e. The third kappa shape index (κ3) is 6.26. The molecular weight excluding hydrogens is 340 g/mol. The third-order valence-corrected chi connectivity index (χ3v) is 5.82. The molecule has 1 aromatic rings. The van der Waals surface area contributed by atoms with Gasteiger partial charge in [-0.2, -0.15) is 0 Å². The van der Waals surface area contributed by atoms with Gasteiger partial charge in [0.25, 0.3) is 0 Å². The van der Waals surface area contributed by atoms with E-state index in [1.165, 1.54) is 12.8 Å². The van der Waals surface area contributed by atoms with Crippen LogP contribution in [0.25, 0.3) is 0 Å². The number of pyridine rings is 1. The van der Waals surface area contributed by atoms with Crippen LogP contribution >= 0.6 is 0 Å². The summed E-state index contributed by atoms with van der Waals surface area (Å²) in [6, 6.07) is 6.43. The summed E-state index contributed by atoms with van der Waals surface area (Å²) in [4.78, 5) is 22.0. The number of carbonyl (C=O) groups excluding carboxylic acids is 1. The van der Waals surface area contributed by atoms with Crippen molar-refractivity contribution in [1.82, 2.24) is 20.1 Å². The fourth-order valence-electron chi connectivity index (χ4n) is 4.22. The Morgan fingerprint density at radius 1 is 1.26 bits per heavy atom. The molecule has 0 aliphatic carbocycles. The number of carbonyl (C=O) groups is 1. The molecule has 150 valence electrons. The summed E-state index contributed by atoms with van der Waals surface area (Å²) < 4.78 is 5.47. The zero-order valence-electron chi connectivity index (χ0n) is 16.6. The van der Waals surface area contributed by atoms with E-state index in [9.17, 15) is 4.79 Å². The first-order valence-corrected chi connectivity index (χ1v) is 10.5. The lowest BCUT2D eigenvalue weighted by Gasteiger charge is -2.42. The monoisotopic (exact) mass is 374 g/mol. The summed E-state index contributed by atoms with van der Waals surface area (Å²) >= 11 is 0. The number of nitrogens with zero attached hydrogens (tertiary/aromatic N) is 3. The van der Waals surface area contributed by atoms with Crippen LogP contribution in [0.15, 0.2) is 24.4 Å². The minimum absolute atomic E-state index is 0.110. The second kappa shape index (κ2) is 10.7. The van der Waals surface area contributed by atoms with Crippen molar-refractivity contribution in [3.63, 3.8) is 0 Å². The van der Waals surface area contributed by atoms with Crippen molar-refractivity contribution in [1.29, 1.82) is 0 Å². The van der Waals surface area contributed by atoms with Crippen LogP contribution in [-0.4, -0.2) is 72.7 Å². The topological polar surface area (TPSA) is 57.7 Å². The van der Waals surface area contributed by atoms with E-state index in [1.54, 1.807) is 6.20 Å². The molecule has 1 aromatic heterocycles. The minimum atomic E-state index is 0.110. The quantitative estimate of drug-likeness (QED) is 0.705. The van der Waals surface area contributed by atoms with E-state index in [0.29, 0.717) is 12.6 Å². The third-order valence-electron chi connectivity index (χ3n) is 5.82. The smallest absolute Gasteiger partial charge is 0.224 e. The zero-order chi connectivity index (χ0) is 18.9. The van der Waals surface area contributed by atoms with Gasteiger partial charge in [-0.1, -0.05) is 6.07 Å². The van der Waals surface area contributed by atoms with Gasteiger partial charge in [-0.3, -0.25) is 14.7 Å². The molecule has 0 bridgehead atoms. The van der Waals surface area contributed by atoms with E-state index in [2.05, 4.69) is 20.1 Å². The number of ether oxygens (including phenoxy) is 1. The lowest BCUT2D eigenvalue weighted by molar-refractivity contribution is -0.127. The number of likely N-dealkylation sites (tertiary alicyclic amines) is 2. The average Bonchev–Trinajstić information content (AvgIpc) is 2.73. The highest BCUT2D eigenvalue weighted by Crippen LogP contribution is 2.24. The standard InChI is InChI=1S/C21H34N4O2/c1-2-27-15-14-24-12-8-20(9-13-24)25-11-5-6-18(17-25)21(26)23-16-19-7-3-4-10-22-19/h3-4,7,10,18,20H,2,5-6,8-9,11-17H2,1H3,(H,23,26). The summed E-state index contributed by atoms with van der Waals surface area (Å²) in [5.74, 6) is 0.290. The SMILES string of the molecule is CCOCCN1CCC(N2CCCC(C(=O)NCc3ccccn3)C2)CC1. The molecular formula is C21H34N4O2. The highest BCUT2D eigenvalue weighted by molar-refractivity contribution is 5.78. The summed E-state index contributed by atoms with van der Waals surface area (Å²) in [7, 11) is 0. The molecule has 0 aromatic carbocycles. The first kappa shape index (κ1) is 20.2. The van der Waals surface area contributed by atoms with Gasteiger partial charge in [-0.25, -0.2) is 0 Å². The molecule has 3 rings (SSSR count). The van der Waals surface area contributed by atoms with Crippen LogP contribution in [0.5, 0.6) is 0 Å². The van der Waals surface area contributed by atoms with E-state index in [-0.39, 0.29) is 11.8 Å². The van der Waals surface area contributed by atoms with Gasteiger partial charge < -0.3 is 15.0 Å².